The van der Waals surface area contributed by atoms with Crippen LogP contribution in [0.15, 0.2) is 48.0 Å². The summed E-state index contributed by atoms with van der Waals surface area (Å²) < 4.78 is 15.8. The van der Waals surface area contributed by atoms with E-state index in [2.05, 4.69) is 5.32 Å². The number of carboxylic acids is 1. The lowest BCUT2D eigenvalue weighted by Gasteiger charge is -2.26. The number of hydrogen-bond donors (Lipinski definition) is 2. The van der Waals surface area contributed by atoms with Gasteiger partial charge in [-0.25, -0.2) is 14.5 Å². The molecule has 1 saturated heterocycles. The SMILES string of the molecule is COc1ccc(N2C(=O)NC(=O)/C(=C\c3cccc(OC)c3O[C@H](C)C(=O)O)C2=O)cc1. The van der Waals surface area contributed by atoms with Crippen molar-refractivity contribution in [2.45, 2.75) is 13.0 Å². The average Bonchev–Trinajstić information content (AvgIpc) is 2.77. The van der Waals surface area contributed by atoms with E-state index in [1.807, 2.05) is 0 Å². The Bertz CT molecular complexity index is 1110. The van der Waals surface area contributed by atoms with Gasteiger partial charge in [-0.3, -0.25) is 14.9 Å². The minimum Gasteiger partial charge on any atom is -0.497 e. The highest BCUT2D eigenvalue weighted by Crippen LogP contribution is 2.34. The van der Waals surface area contributed by atoms with Gasteiger partial charge in [0.1, 0.15) is 11.3 Å². The minimum atomic E-state index is -1.23. The van der Waals surface area contributed by atoms with Crippen molar-refractivity contribution in [3.05, 3.63) is 53.6 Å². The van der Waals surface area contributed by atoms with Crippen molar-refractivity contribution in [1.82, 2.24) is 5.32 Å². The molecule has 3 rings (SSSR count). The number of anilines is 1. The molecule has 2 N–H and O–H groups in total. The minimum absolute atomic E-state index is 0.0332. The van der Waals surface area contributed by atoms with Crippen molar-refractivity contribution >= 4 is 35.6 Å². The van der Waals surface area contributed by atoms with Gasteiger partial charge in [-0.1, -0.05) is 12.1 Å². The molecule has 10 heteroatoms. The van der Waals surface area contributed by atoms with Gasteiger partial charge in [0.2, 0.25) is 0 Å². The Morgan fingerprint density at radius 1 is 1.06 bits per heavy atom. The normalized spacial score (nSPS) is 15.9. The first-order valence-corrected chi connectivity index (χ1v) is 9.38. The number of carboxylic acid groups (broad SMARTS) is 1. The molecule has 0 spiro atoms. The first-order chi connectivity index (χ1) is 15.3. The van der Waals surface area contributed by atoms with Crippen LogP contribution < -0.4 is 24.4 Å². The largest absolute Gasteiger partial charge is 0.497 e. The molecular formula is C22H20N2O8. The second kappa shape index (κ2) is 9.21. The average molecular weight is 440 g/mol. The van der Waals surface area contributed by atoms with Crippen LogP contribution in [0, 0.1) is 0 Å². The third kappa shape index (κ3) is 4.38. The van der Waals surface area contributed by atoms with E-state index >= 15 is 0 Å². The van der Waals surface area contributed by atoms with Crippen molar-refractivity contribution in [1.29, 1.82) is 0 Å². The Labute approximate surface area is 183 Å². The number of methoxy groups -OCH3 is 2. The number of benzene rings is 2. The summed E-state index contributed by atoms with van der Waals surface area (Å²) >= 11 is 0. The number of ether oxygens (including phenoxy) is 3. The molecule has 10 nitrogen and oxygen atoms in total. The van der Waals surface area contributed by atoms with Crippen LogP contribution in [0.2, 0.25) is 0 Å². The van der Waals surface area contributed by atoms with E-state index in [9.17, 15) is 24.3 Å². The molecule has 1 aliphatic rings. The third-order valence-corrected chi connectivity index (χ3v) is 4.60. The lowest BCUT2D eigenvalue weighted by atomic mass is 10.1. The number of carbonyl (C=O) groups is 4. The first-order valence-electron chi connectivity index (χ1n) is 9.38. The number of nitrogens with one attached hydrogen (secondary N) is 1. The van der Waals surface area contributed by atoms with Crippen molar-refractivity contribution in [3.63, 3.8) is 0 Å². The van der Waals surface area contributed by atoms with E-state index in [1.165, 1.54) is 45.4 Å². The Morgan fingerprint density at radius 3 is 2.34 bits per heavy atom. The smallest absolute Gasteiger partial charge is 0.344 e. The van der Waals surface area contributed by atoms with E-state index in [0.717, 1.165) is 4.90 Å². The molecular weight excluding hydrogens is 420 g/mol. The predicted molar refractivity (Wildman–Crippen MR) is 113 cm³/mol. The Hall–Kier alpha value is -4.34. The zero-order chi connectivity index (χ0) is 23.4. The van der Waals surface area contributed by atoms with E-state index < -0.39 is 29.9 Å². The molecule has 166 valence electrons. The van der Waals surface area contributed by atoms with Crippen LogP contribution in [0.4, 0.5) is 10.5 Å². The van der Waals surface area contributed by atoms with Crippen molar-refractivity contribution in [2.24, 2.45) is 0 Å². The van der Waals surface area contributed by atoms with Crippen molar-refractivity contribution < 1.29 is 38.5 Å². The fourth-order valence-corrected chi connectivity index (χ4v) is 2.94. The van der Waals surface area contributed by atoms with Gasteiger partial charge in [0.05, 0.1) is 19.9 Å². The predicted octanol–water partition coefficient (Wildman–Crippen LogP) is 2.22. The number of nitrogens with zero attached hydrogens (tertiary/aromatic N) is 1. The molecule has 4 amide bonds. The van der Waals surface area contributed by atoms with Crippen LogP contribution in [0.3, 0.4) is 0 Å². The zero-order valence-electron chi connectivity index (χ0n) is 17.4. The number of imide groups is 2. The maximum absolute atomic E-state index is 13.1. The molecule has 0 aromatic heterocycles. The lowest BCUT2D eigenvalue weighted by Crippen LogP contribution is -2.54. The van der Waals surface area contributed by atoms with Crippen LogP contribution in [0.1, 0.15) is 12.5 Å². The number of para-hydroxylation sites is 1. The molecule has 0 radical (unpaired) electrons. The summed E-state index contributed by atoms with van der Waals surface area (Å²) in [5.41, 5.74) is 0.106. The van der Waals surface area contributed by atoms with Gasteiger partial charge in [0.15, 0.2) is 17.6 Å². The molecule has 1 fully saturated rings. The second-order valence-corrected chi connectivity index (χ2v) is 6.63. The van der Waals surface area contributed by atoms with Gasteiger partial charge in [0, 0.05) is 5.56 Å². The van der Waals surface area contributed by atoms with E-state index in [1.54, 1.807) is 24.3 Å². The molecule has 0 bridgehead atoms. The zero-order valence-corrected chi connectivity index (χ0v) is 17.4. The molecule has 2 aromatic carbocycles. The fourth-order valence-electron chi connectivity index (χ4n) is 2.94. The Morgan fingerprint density at radius 2 is 1.75 bits per heavy atom. The van der Waals surface area contributed by atoms with Crippen LogP contribution >= 0.6 is 0 Å². The second-order valence-electron chi connectivity index (χ2n) is 6.63. The van der Waals surface area contributed by atoms with Gasteiger partial charge in [0.25, 0.3) is 11.8 Å². The van der Waals surface area contributed by atoms with E-state index in [4.69, 9.17) is 14.2 Å². The molecule has 0 aliphatic carbocycles. The molecule has 0 unspecified atom stereocenters. The number of aliphatic carboxylic acids is 1. The summed E-state index contributed by atoms with van der Waals surface area (Å²) in [6.45, 7) is 1.33. The maximum Gasteiger partial charge on any atom is 0.344 e. The van der Waals surface area contributed by atoms with Crippen molar-refractivity contribution in [2.75, 3.05) is 19.1 Å². The van der Waals surface area contributed by atoms with Gasteiger partial charge in [-0.2, -0.15) is 0 Å². The van der Waals surface area contributed by atoms with Gasteiger partial charge in [-0.15, -0.1) is 0 Å². The van der Waals surface area contributed by atoms with Crippen LogP contribution in [-0.4, -0.2) is 49.2 Å². The lowest BCUT2D eigenvalue weighted by molar-refractivity contribution is -0.144. The maximum atomic E-state index is 13.1. The standard InChI is InChI=1S/C22H20N2O8/c1-12(21(27)28)32-18-13(5-4-6-17(18)31-3)11-16-19(25)23-22(29)24(20(16)26)14-7-9-15(30-2)10-8-14/h4-12H,1-3H3,(H,27,28)(H,23,25,29)/b16-11+/t12-/m1/s1. The van der Waals surface area contributed by atoms with Gasteiger partial charge in [-0.05, 0) is 43.3 Å². The molecule has 1 heterocycles. The van der Waals surface area contributed by atoms with Crippen LogP contribution in [0.5, 0.6) is 17.2 Å². The number of amides is 4. The summed E-state index contributed by atoms with van der Waals surface area (Å²) in [6.07, 6.45) is -0.00994. The van der Waals surface area contributed by atoms with Crippen molar-refractivity contribution in [3.8, 4) is 17.2 Å². The van der Waals surface area contributed by atoms with Gasteiger partial charge >= 0.3 is 12.0 Å². The molecule has 32 heavy (non-hydrogen) atoms. The van der Waals surface area contributed by atoms with Crippen LogP contribution in [0.25, 0.3) is 6.08 Å². The highest BCUT2D eigenvalue weighted by Gasteiger charge is 2.37. The topological polar surface area (TPSA) is 131 Å². The number of rotatable bonds is 7. The van der Waals surface area contributed by atoms with Crippen LogP contribution in [-0.2, 0) is 14.4 Å². The summed E-state index contributed by atoms with van der Waals surface area (Å²) in [7, 11) is 2.85. The monoisotopic (exact) mass is 440 g/mol. The quantitative estimate of drug-likeness (QED) is 0.495. The number of urea groups is 1. The molecule has 1 atom stereocenters. The van der Waals surface area contributed by atoms with E-state index in [-0.39, 0.29) is 28.3 Å². The summed E-state index contributed by atoms with van der Waals surface area (Å²) in [4.78, 5) is 50.0. The fraction of sp³-hybridized carbons (Fsp3) is 0.182. The molecule has 2 aromatic rings. The van der Waals surface area contributed by atoms with E-state index in [0.29, 0.717) is 5.75 Å². The number of hydrogen-bond acceptors (Lipinski definition) is 7. The third-order valence-electron chi connectivity index (χ3n) is 4.60. The Kier molecular flexibility index (Phi) is 6.43. The Balaban J connectivity index is 2.05. The first kappa shape index (κ1) is 22.3. The summed E-state index contributed by atoms with van der Waals surface area (Å²) in [6, 6.07) is 9.88. The molecule has 1 aliphatic heterocycles. The highest BCUT2D eigenvalue weighted by molar-refractivity contribution is 6.39. The van der Waals surface area contributed by atoms with Gasteiger partial charge < -0.3 is 19.3 Å². The number of carbonyl (C=O) groups excluding carboxylic acids is 3. The molecule has 0 saturated carbocycles. The summed E-state index contributed by atoms with van der Waals surface area (Å²) in [5, 5.41) is 11.3. The number of barbiturate groups is 1. The highest BCUT2D eigenvalue weighted by atomic mass is 16.5. The summed E-state index contributed by atoms with van der Waals surface area (Å²) in [5.74, 6) is -2.20.